The van der Waals surface area contributed by atoms with Crippen LogP contribution >= 0.6 is 0 Å². The van der Waals surface area contributed by atoms with Gasteiger partial charge in [0, 0.05) is 18.3 Å². The zero-order valence-electron chi connectivity index (χ0n) is 12.6. The van der Waals surface area contributed by atoms with E-state index in [1.807, 2.05) is 20.8 Å². The molecule has 0 bridgehead atoms. The molecule has 21 heavy (non-hydrogen) atoms. The number of carbonyl (C=O) groups excluding carboxylic acids is 1. The Morgan fingerprint density at radius 1 is 1.48 bits per heavy atom. The molecule has 0 saturated carbocycles. The van der Waals surface area contributed by atoms with Crippen LogP contribution < -0.4 is 16.6 Å². The van der Waals surface area contributed by atoms with Crippen molar-refractivity contribution in [1.82, 2.24) is 14.9 Å². The van der Waals surface area contributed by atoms with E-state index in [2.05, 4.69) is 10.3 Å². The molecular weight excluding hydrogens is 274 g/mol. The van der Waals surface area contributed by atoms with E-state index in [4.69, 9.17) is 4.74 Å². The summed E-state index contributed by atoms with van der Waals surface area (Å²) < 4.78 is 6.47. The van der Waals surface area contributed by atoms with Crippen LogP contribution in [0.4, 0.5) is 0 Å². The van der Waals surface area contributed by atoms with Crippen molar-refractivity contribution in [3.8, 4) is 0 Å². The second-order valence-electron chi connectivity index (χ2n) is 6.26. The van der Waals surface area contributed by atoms with E-state index < -0.39 is 22.7 Å². The molecule has 2 N–H and O–H groups in total. The summed E-state index contributed by atoms with van der Waals surface area (Å²) in [5.74, 6) is -0.496. The predicted molar refractivity (Wildman–Crippen MR) is 77.5 cm³/mol. The van der Waals surface area contributed by atoms with Gasteiger partial charge in [0.2, 0.25) is 0 Å². The molecule has 7 nitrogen and oxygen atoms in total. The summed E-state index contributed by atoms with van der Waals surface area (Å²) in [7, 11) is 0. The van der Waals surface area contributed by atoms with Gasteiger partial charge in [0.05, 0.1) is 12.6 Å². The van der Waals surface area contributed by atoms with Gasteiger partial charge in [-0.2, -0.15) is 0 Å². The number of nitrogens with zero attached hydrogens (tertiary/aromatic N) is 1. The second kappa shape index (κ2) is 5.85. The minimum Gasteiger partial charge on any atom is -0.376 e. The van der Waals surface area contributed by atoms with Gasteiger partial charge in [0.1, 0.15) is 5.56 Å². The molecule has 1 aliphatic heterocycles. The lowest BCUT2D eigenvalue weighted by atomic mass is 10.1. The molecule has 0 spiro atoms. The Morgan fingerprint density at radius 2 is 2.19 bits per heavy atom. The topological polar surface area (TPSA) is 93.2 Å². The first-order chi connectivity index (χ1) is 9.78. The number of nitrogens with one attached hydrogen (secondary N) is 2. The number of carbonyl (C=O) groups is 1. The van der Waals surface area contributed by atoms with Crippen LogP contribution in [0.25, 0.3) is 0 Å². The second-order valence-corrected chi connectivity index (χ2v) is 6.26. The summed E-state index contributed by atoms with van der Waals surface area (Å²) in [6, 6.07) is 0. The lowest BCUT2D eigenvalue weighted by Gasteiger charge is -2.20. The van der Waals surface area contributed by atoms with Crippen molar-refractivity contribution in [1.29, 1.82) is 0 Å². The van der Waals surface area contributed by atoms with E-state index in [0.717, 1.165) is 23.6 Å². The summed E-state index contributed by atoms with van der Waals surface area (Å²) in [5.41, 5.74) is -1.64. The fourth-order valence-corrected chi connectivity index (χ4v) is 2.24. The Labute approximate surface area is 122 Å². The molecule has 116 valence electrons. The molecule has 1 fully saturated rings. The van der Waals surface area contributed by atoms with E-state index in [9.17, 15) is 14.4 Å². The van der Waals surface area contributed by atoms with Gasteiger partial charge in [-0.3, -0.25) is 14.2 Å². The zero-order valence-corrected chi connectivity index (χ0v) is 12.6. The highest BCUT2D eigenvalue weighted by molar-refractivity contribution is 5.93. The maximum Gasteiger partial charge on any atom is 0.328 e. The van der Waals surface area contributed by atoms with Gasteiger partial charge in [-0.15, -0.1) is 0 Å². The third-order valence-corrected chi connectivity index (χ3v) is 3.20. The number of aromatic amines is 1. The summed E-state index contributed by atoms with van der Waals surface area (Å²) in [4.78, 5) is 38.7. The van der Waals surface area contributed by atoms with Crippen molar-refractivity contribution >= 4 is 5.91 Å². The number of hydrogen-bond acceptors (Lipinski definition) is 4. The van der Waals surface area contributed by atoms with E-state index in [1.165, 1.54) is 0 Å². The monoisotopic (exact) mass is 295 g/mol. The van der Waals surface area contributed by atoms with Crippen LogP contribution in [0.3, 0.4) is 0 Å². The van der Waals surface area contributed by atoms with Crippen molar-refractivity contribution in [2.45, 2.75) is 51.8 Å². The third-order valence-electron chi connectivity index (χ3n) is 3.20. The molecule has 1 atom stereocenters. The highest BCUT2D eigenvalue weighted by Crippen LogP contribution is 2.12. The Kier molecular flexibility index (Phi) is 4.32. The molecule has 0 aromatic carbocycles. The van der Waals surface area contributed by atoms with Crippen molar-refractivity contribution in [3.63, 3.8) is 0 Å². The van der Waals surface area contributed by atoms with Crippen molar-refractivity contribution < 1.29 is 9.53 Å². The van der Waals surface area contributed by atoms with E-state index in [1.54, 1.807) is 0 Å². The maximum atomic E-state index is 12.3. The summed E-state index contributed by atoms with van der Waals surface area (Å²) in [6.45, 7) is 6.27. The maximum absolute atomic E-state index is 12.3. The number of hydrogen-bond donors (Lipinski definition) is 2. The standard InChI is InChI=1S/C14H21N3O4/c1-14(2,3)16-11(18)10-7-15-13(20)17(12(10)19)8-9-5-4-6-21-9/h7,9H,4-6,8H2,1-3H3,(H,15,20)(H,16,18). The molecule has 2 heterocycles. The van der Waals surface area contributed by atoms with Crippen LogP contribution in [0.15, 0.2) is 15.8 Å². The Hall–Kier alpha value is -1.89. The Bertz CT molecular complexity index is 633. The van der Waals surface area contributed by atoms with Crippen LogP contribution in [-0.2, 0) is 11.3 Å². The van der Waals surface area contributed by atoms with E-state index >= 15 is 0 Å². The molecule has 1 aromatic rings. The third kappa shape index (κ3) is 3.81. The van der Waals surface area contributed by atoms with Crippen molar-refractivity contribution in [2.24, 2.45) is 0 Å². The fraction of sp³-hybridized carbons (Fsp3) is 0.643. The average Bonchev–Trinajstić information content (AvgIpc) is 2.85. The molecule has 1 aromatic heterocycles. The number of amides is 1. The van der Waals surface area contributed by atoms with Crippen LogP contribution in [-0.4, -0.2) is 33.7 Å². The molecule has 1 saturated heterocycles. The van der Waals surface area contributed by atoms with Crippen LogP contribution in [0.1, 0.15) is 44.0 Å². The number of H-pyrrole nitrogens is 1. The SMILES string of the molecule is CC(C)(C)NC(=O)c1c[nH]c(=O)n(CC2CCCO2)c1=O. The smallest absolute Gasteiger partial charge is 0.328 e. The number of aromatic nitrogens is 2. The normalized spacial score (nSPS) is 18.7. The van der Waals surface area contributed by atoms with Gasteiger partial charge in [0.15, 0.2) is 0 Å². The predicted octanol–water partition coefficient (Wildman–Crippen LogP) is 0.244. The zero-order chi connectivity index (χ0) is 15.6. The lowest BCUT2D eigenvalue weighted by Crippen LogP contribution is -2.46. The van der Waals surface area contributed by atoms with E-state index in [-0.39, 0.29) is 18.2 Å². The molecule has 0 aliphatic carbocycles. The van der Waals surface area contributed by atoms with Crippen LogP contribution in [0.2, 0.25) is 0 Å². The Balaban J connectivity index is 2.30. The summed E-state index contributed by atoms with van der Waals surface area (Å²) in [5, 5.41) is 2.71. The highest BCUT2D eigenvalue weighted by Gasteiger charge is 2.22. The summed E-state index contributed by atoms with van der Waals surface area (Å²) >= 11 is 0. The highest BCUT2D eigenvalue weighted by atomic mass is 16.5. The molecule has 1 aliphatic rings. The van der Waals surface area contributed by atoms with E-state index in [0.29, 0.717) is 6.61 Å². The largest absolute Gasteiger partial charge is 0.376 e. The first-order valence-electron chi connectivity index (χ1n) is 7.04. The molecule has 0 radical (unpaired) electrons. The Morgan fingerprint density at radius 3 is 2.76 bits per heavy atom. The average molecular weight is 295 g/mol. The van der Waals surface area contributed by atoms with Gasteiger partial charge in [0.25, 0.3) is 11.5 Å². The first-order valence-corrected chi connectivity index (χ1v) is 7.04. The van der Waals surface area contributed by atoms with Gasteiger partial charge >= 0.3 is 5.69 Å². The van der Waals surface area contributed by atoms with Crippen molar-refractivity contribution in [2.75, 3.05) is 6.61 Å². The summed E-state index contributed by atoms with van der Waals surface area (Å²) in [6.07, 6.45) is 2.74. The first kappa shape index (κ1) is 15.5. The number of rotatable bonds is 3. The number of ether oxygens (including phenoxy) is 1. The molecule has 7 heteroatoms. The molecule has 1 unspecified atom stereocenters. The van der Waals surface area contributed by atoms with Crippen LogP contribution in [0.5, 0.6) is 0 Å². The van der Waals surface area contributed by atoms with Gasteiger partial charge < -0.3 is 15.0 Å². The quantitative estimate of drug-likeness (QED) is 0.835. The van der Waals surface area contributed by atoms with Crippen molar-refractivity contribution in [3.05, 3.63) is 32.6 Å². The molecular formula is C14H21N3O4. The van der Waals surface area contributed by atoms with Crippen LogP contribution in [0, 0.1) is 0 Å². The van der Waals surface area contributed by atoms with Gasteiger partial charge in [-0.1, -0.05) is 0 Å². The van der Waals surface area contributed by atoms with Gasteiger partial charge in [-0.05, 0) is 33.6 Å². The molecule has 1 amide bonds. The lowest BCUT2D eigenvalue weighted by molar-refractivity contribution is 0.0901. The van der Waals surface area contributed by atoms with Gasteiger partial charge in [-0.25, -0.2) is 4.79 Å². The minimum atomic E-state index is -0.587. The molecule has 2 rings (SSSR count). The fourth-order valence-electron chi connectivity index (χ4n) is 2.24. The minimum absolute atomic E-state index is 0.0671.